The summed E-state index contributed by atoms with van der Waals surface area (Å²) in [7, 11) is 1.96. The van der Waals surface area contributed by atoms with Gasteiger partial charge in [0.05, 0.1) is 0 Å². The quantitative estimate of drug-likeness (QED) is 0.699. The number of aliphatic hydroxyl groups is 1. The lowest BCUT2D eigenvalue weighted by Gasteiger charge is -2.12. The molecule has 0 aliphatic heterocycles. The van der Waals surface area contributed by atoms with E-state index in [1.807, 2.05) is 36.1 Å². The third kappa shape index (κ3) is 2.26. The second-order valence-electron chi connectivity index (χ2n) is 4.18. The van der Waals surface area contributed by atoms with E-state index in [-0.39, 0.29) is 6.61 Å². The van der Waals surface area contributed by atoms with Gasteiger partial charge in [-0.1, -0.05) is 0 Å². The third-order valence-corrected chi connectivity index (χ3v) is 2.81. The van der Waals surface area contributed by atoms with E-state index in [0.29, 0.717) is 17.8 Å². The van der Waals surface area contributed by atoms with Crippen LogP contribution in [-0.4, -0.2) is 16.3 Å². The Morgan fingerprint density at radius 1 is 1.29 bits per heavy atom. The van der Waals surface area contributed by atoms with Gasteiger partial charge in [0.1, 0.15) is 0 Å². The van der Waals surface area contributed by atoms with Gasteiger partial charge in [-0.2, -0.15) is 0 Å². The average Bonchev–Trinajstić information content (AvgIpc) is 2.68. The molecule has 2 aromatic rings. The van der Waals surface area contributed by atoms with E-state index in [1.54, 1.807) is 6.07 Å². The highest BCUT2D eigenvalue weighted by molar-refractivity contribution is 5.77. The van der Waals surface area contributed by atoms with Gasteiger partial charge in [-0.15, -0.1) is 0 Å². The lowest BCUT2D eigenvalue weighted by molar-refractivity contribution is 0.300. The van der Waals surface area contributed by atoms with Gasteiger partial charge in [0.15, 0.2) is 0 Å². The first-order valence-electron chi connectivity index (χ1n) is 5.53. The molecule has 0 bridgehead atoms. The van der Waals surface area contributed by atoms with E-state index in [1.165, 1.54) is 0 Å². The van der Waals surface area contributed by atoms with E-state index in [4.69, 9.17) is 16.6 Å². The highest BCUT2D eigenvalue weighted by atomic mass is 16.2. The van der Waals surface area contributed by atoms with Crippen molar-refractivity contribution < 1.29 is 5.11 Å². The number of aryl methyl sites for hydroxylation is 1. The molecule has 0 saturated carbocycles. The zero-order chi connectivity index (χ0) is 12.4. The molecule has 0 fully saturated rings. The Morgan fingerprint density at radius 2 is 2.06 bits per heavy atom. The summed E-state index contributed by atoms with van der Waals surface area (Å²) in [5, 5.41) is 9.10. The maximum atomic E-state index is 9.10. The molecular weight excluding hydrogens is 214 g/mol. The molecule has 90 valence electrons. The molecule has 0 atom stereocenters. The fourth-order valence-corrected chi connectivity index (χ4v) is 2.03. The Bertz CT molecular complexity index is 531. The average molecular weight is 231 g/mol. The SMILES string of the molecule is Cn1ccc(-c2cc(N)cc(N)c2CCO)c1. The number of nitrogen functional groups attached to an aromatic ring is 2. The van der Waals surface area contributed by atoms with Gasteiger partial charge < -0.3 is 21.1 Å². The molecule has 1 aromatic carbocycles. The molecule has 0 saturated heterocycles. The number of rotatable bonds is 3. The summed E-state index contributed by atoms with van der Waals surface area (Å²) in [6.07, 6.45) is 4.52. The van der Waals surface area contributed by atoms with Crippen molar-refractivity contribution in [3.05, 3.63) is 36.2 Å². The van der Waals surface area contributed by atoms with E-state index < -0.39 is 0 Å². The van der Waals surface area contributed by atoms with Gasteiger partial charge >= 0.3 is 0 Å². The molecule has 0 spiro atoms. The van der Waals surface area contributed by atoms with Crippen molar-refractivity contribution in [3.63, 3.8) is 0 Å². The van der Waals surface area contributed by atoms with E-state index in [2.05, 4.69) is 0 Å². The molecule has 0 unspecified atom stereocenters. The minimum Gasteiger partial charge on any atom is -0.399 e. The van der Waals surface area contributed by atoms with Crippen LogP contribution in [0.15, 0.2) is 30.6 Å². The fourth-order valence-electron chi connectivity index (χ4n) is 2.03. The first-order valence-corrected chi connectivity index (χ1v) is 5.53. The summed E-state index contributed by atoms with van der Waals surface area (Å²) in [6.45, 7) is 0.0773. The predicted octanol–water partition coefficient (Wildman–Crippen LogP) is 1.39. The standard InChI is InChI=1S/C13H17N3O/c1-16-4-2-9(8-16)12-6-10(14)7-13(15)11(12)3-5-17/h2,4,6-8,17H,3,5,14-15H2,1H3. The largest absolute Gasteiger partial charge is 0.399 e. The van der Waals surface area contributed by atoms with Crippen LogP contribution in [0, 0.1) is 0 Å². The zero-order valence-corrected chi connectivity index (χ0v) is 9.85. The normalized spacial score (nSPS) is 10.7. The lowest BCUT2D eigenvalue weighted by Crippen LogP contribution is -2.02. The van der Waals surface area contributed by atoms with Crippen LogP contribution in [-0.2, 0) is 13.5 Å². The molecule has 0 aliphatic rings. The summed E-state index contributed by atoms with van der Waals surface area (Å²) < 4.78 is 1.97. The number of hydrogen-bond acceptors (Lipinski definition) is 3. The van der Waals surface area contributed by atoms with Crippen LogP contribution in [0.3, 0.4) is 0 Å². The Labute approximate surface area is 100 Å². The third-order valence-electron chi connectivity index (χ3n) is 2.81. The maximum absolute atomic E-state index is 9.10. The summed E-state index contributed by atoms with van der Waals surface area (Å²) in [5.41, 5.74) is 16.1. The Morgan fingerprint density at radius 3 is 2.65 bits per heavy atom. The topological polar surface area (TPSA) is 77.2 Å². The second-order valence-corrected chi connectivity index (χ2v) is 4.18. The molecule has 1 aromatic heterocycles. The monoisotopic (exact) mass is 231 g/mol. The van der Waals surface area contributed by atoms with Gasteiger partial charge in [-0.3, -0.25) is 0 Å². The van der Waals surface area contributed by atoms with Crippen LogP contribution in [0.25, 0.3) is 11.1 Å². The smallest absolute Gasteiger partial charge is 0.0472 e. The van der Waals surface area contributed by atoms with Gasteiger partial charge in [0.2, 0.25) is 0 Å². The number of anilines is 2. The Balaban J connectivity index is 2.58. The molecular formula is C13H17N3O. The van der Waals surface area contributed by atoms with Crippen molar-refractivity contribution in [2.75, 3.05) is 18.1 Å². The fraction of sp³-hybridized carbons (Fsp3) is 0.231. The number of aliphatic hydroxyl groups excluding tert-OH is 1. The van der Waals surface area contributed by atoms with Gasteiger partial charge in [-0.05, 0) is 41.3 Å². The molecule has 0 aliphatic carbocycles. The molecule has 4 nitrogen and oxygen atoms in total. The summed E-state index contributed by atoms with van der Waals surface area (Å²) in [5.74, 6) is 0. The summed E-state index contributed by atoms with van der Waals surface area (Å²) >= 11 is 0. The number of hydrogen-bond donors (Lipinski definition) is 3. The van der Waals surface area contributed by atoms with Crippen LogP contribution in [0.5, 0.6) is 0 Å². The van der Waals surface area contributed by atoms with Crippen molar-refractivity contribution >= 4 is 11.4 Å². The van der Waals surface area contributed by atoms with Gasteiger partial charge in [0, 0.05) is 37.4 Å². The molecule has 4 heteroatoms. The maximum Gasteiger partial charge on any atom is 0.0472 e. The van der Waals surface area contributed by atoms with E-state index in [9.17, 15) is 0 Å². The Kier molecular flexibility index (Phi) is 3.06. The number of aromatic nitrogens is 1. The van der Waals surface area contributed by atoms with Gasteiger partial charge in [-0.25, -0.2) is 0 Å². The number of nitrogens with two attached hydrogens (primary N) is 2. The Hall–Kier alpha value is -1.94. The van der Waals surface area contributed by atoms with Crippen molar-refractivity contribution in [2.24, 2.45) is 7.05 Å². The van der Waals surface area contributed by atoms with Crippen molar-refractivity contribution in [1.82, 2.24) is 4.57 Å². The van der Waals surface area contributed by atoms with Crippen LogP contribution in [0.2, 0.25) is 0 Å². The predicted molar refractivity (Wildman–Crippen MR) is 70.5 cm³/mol. The van der Waals surface area contributed by atoms with E-state index >= 15 is 0 Å². The molecule has 5 N–H and O–H groups in total. The van der Waals surface area contributed by atoms with Crippen LogP contribution in [0.1, 0.15) is 5.56 Å². The molecule has 0 radical (unpaired) electrons. The van der Waals surface area contributed by atoms with Crippen molar-refractivity contribution in [2.45, 2.75) is 6.42 Å². The van der Waals surface area contributed by atoms with Crippen LogP contribution < -0.4 is 11.5 Å². The molecule has 2 rings (SSSR count). The minimum absolute atomic E-state index is 0.0773. The van der Waals surface area contributed by atoms with Crippen molar-refractivity contribution in [3.8, 4) is 11.1 Å². The van der Waals surface area contributed by atoms with Crippen molar-refractivity contribution in [1.29, 1.82) is 0 Å². The van der Waals surface area contributed by atoms with Crippen LogP contribution in [0.4, 0.5) is 11.4 Å². The molecule has 0 amide bonds. The first-order chi connectivity index (χ1) is 8.11. The summed E-state index contributed by atoms with van der Waals surface area (Å²) in [6, 6.07) is 5.64. The number of benzene rings is 1. The highest BCUT2D eigenvalue weighted by Crippen LogP contribution is 2.31. The second kappa shape index (κ2) is 4.51. The van der Waals surface area contributed by atoms with Crippen LogP contribution >= 0.6 is 0 Å². The minimum atomic E-state index is 0.0773. The lowest BCUT2D eigenvalue weighted by atomic mass is 9.97. The van der Waals surface area contributed by atoms with E-state index in [0.717, 1.165) is 16.7 Å². The zero-order valence-electron chi connectivity index (χ0n) is 9.85. The molecule has 17 heavy (non-hydrogen) atoms. The first kappa shape index (κ1) is 11.5. The summed E-state index contributed by atoms with van der Waals surface area (Å²) in [4.78, 5) is 0. The highest BCUT2D eigenvalue weighted by Gasteiger charge is 2.10. The number of nitrogens with zero attached hydrogens (tertiary/aromatic N) is 1. The molecule has 1 heterocycles. The van der Waals surface area contributed by atoms with Gasteiger partial charge in [0.25, 0.3) is 0 Å².